The minimum Gasteiger partial charge on any atom is -0.495 e. The molecule has 1 aromatic carbocycles. The Morgan fingerprint density at radius 3 is 2.64 bits per heavy atom. The molecule has 0 aliphatic carbocycles. The van der Waals surface area contributed by atoms with Gasteiger partial charge in [-0.3, -0.25) is 9.59 Å². The first-order valence-electron chi connectivity index (χ1n) is 7.34. The lowest BCUT2D eigenvalue weighted by molar-refractivity contribution is -0.137. The molecular formula is C16H22ClNO4. The Bertz CT molecular complexity index is 505. The van der Waals surface area contributed by atoms with Gasteiger partial charge in [0.25, 0.3) is 0 Å². The number of unbranched alkanes of at least 4 members (excludes halogenated alkanes) is 2. The molecule has 0 heterocycles. The number of aryl methyl sites for hydroxylation is 1. The number of carboxylic acids is 1. The molecule has 0 saturated heterocycles. The van der Waals surface area contributed by atoms with Gasteiger partial charge in [0.15, 0.2) is 0 Å². The van der Waals surface area contributed by atoms with Crippen molar-refractivity contribution in [2.45, 2.75) is 38.5 Å². The van der Waals surface area contributed by atoms with E-state index in [1.165, 1.54) is 0 Å². The van der Waals surface area contributed by atoms with Crippen LogP contribution in [0, 0.1) is 0 Å². The number of hydrogen-bond acceptors (Lipinski definition) is 3. The molecule has 0 aromatic heterocycles. The first-order chi connectivity index (χ1) is 10.5. The monoisotopic (exact) mass is 327 g/mol. The first-order valence-corrected chi connectivity index (χ1v) is 7.71. The third-order valence-electron chi connectivity index (χ3n) is 3.25. The smallest absolute Gasteiger partial charge is 0.303 e. The zero-order valence-electron chi connectivity index (χ0n) is 12.7. The third-order valence-corrected chi connectivity index (χ3v) is 3.54. The van der Waals surface area contributed by atoms with Crippen molar-refractivity contribution in [3.05, 3.63) is 28.8 Å². The van der Waals surface area contributed by atoms with Crippen molar-refractivity contribution in [3.8, 4) is 5.75 Å². The van der Waals surface area contributed by atoms with E-state index in [0.717, 1.165) is 18.4 Å². The Kier molecular flexibility index (Phi) is 8.36. The normalized spacial score (nSPS) is 10.3. The largest absolute Gasteiger partial charge is 0.495 e. The van der Waals surface area contributed by atoms with Crippen LogP contribution in [0.25, 0.3) is 0 Å². The second-order valence-electron chi connectivity index (χ2n) is 5.02. The third kappa shape index (κ3) is 7.31. The Labute approximate surface area is 135 Å². The van der Waals surface area contributed by atoms with E-state index in [1.807, 2.05) is 6.07 Å². The van der Waals surface area contributed by atoms with E-state index in [9.17, 15) is 9.59 Å². The van der Waals surface area contributed by atoms with Crippen molar-refractivity contribution in [3.63, 3.8) is 0 Å². The maximum Gasteiger partial charge on any atom is 0.303 e. The summed E-state index contributed by atoms with van der Waals surface area (Å²) in [6.45, 7) is 0.585. The molecule has 1 rings (SSSR count). The van der Waals surface area contributed by atoms with Gasteiger partial charge in [0.05, 0.1) is 12.1 Å². The molecule has 5 nitrogen and oxygen atoms in total. The summed E-state index contributed by atoms with van der Waals surface area (Å²) < 4.78 is 5.08. The summed E-state index contributed by atoms with van der Waals surface area (Å²) in [5.74, 6) is -0.163. The molecule has 0 bridgehead atoms. The number of ether oxygens (including phenoxy) is 1. The second-order valence-corrected chi connectivity index (χ2v) is 5.43. The van der Waals surface area contributed by atoms with Crippen LogP contribution >= 0.6 is 11.6 Å². The average molecular weight is 328 g/mol. The van der Waals surface area contributed by atoms with Crippen LogP contribution in [-0.4, -0.2) is 30.6 Å². The number of hydrogen-bond donors (Lipinski definition) is 2. The molecule has 0 saturated carbocycles. The van der Waals surface area contributed by atoms with Crippen molar-refractivity contribution in [1.29, 1.82) is 0 Å². The molecule has 0 atom stereocenters. The van der Waals surface area contributed by atoms with E-state index in [-0.39, 0.29) is 12.3 Å². The predicted octanol–water partition coefficient (Wildman–Crippen LogP) is 3.04. The fraction of sp³-hybridized carbons (Fsp3) is 0.500. The second kappa shape index (κ2) is 10.1. The van der Waals surface area contributed by atoms with E-state index in [4.69, 9.17) is 21.4 Å². The van der Waals surface area contributed by atoms with Gasteiger partial charge in [-0.05, 0) is 37.0 Å². The lowest BCUT2D eigenvalue weighted by Gasteiger charge is -2.07. The van der Waals surface area contributed by atoms with Gasteiger partial charge in [0, 0.05) is 19.4 Å². The topological polar surface area (TPSA) is 75.6 Å². The number of halogens is 1. The van der Waals surface area contributed by atoms with Crippen LogP contribution in [0.15, 0.2) is 18.2 Å². The van der Waals surface area contributed by atoms with Gasteiger partial charge in [-0.25, -0.2) is 0 Å². The molecule has 0 aliphatic rings. The molecule has 22 heavy (non-hydrogen) atoms. The molecular weight excluding hydrogens is 306 g/mol. The van der Waals surface area contributed by atoms with Gasteiger partial charge >= 0.3 is 5.97 Å². The van der Waals surface area contributed by atoms with Crippen molar-refractivity contribution >= 4 is 23.5 Å². The Morgan fingerprint density at radius 1 is 1.23 bits per heavy atom. The number of benzene rings is 1. The number of nitrogens with one attached hydrogen (secondary N) is 1. The maximum absolute atomic E-state index is 11.7. The van der Waals surface area contributed by atoms with E-state index in [2.05, 4.69) is 5.32 Å². The molecule has 0 fully saturated rings. The average Bonchev–Trinajstić information content (AvgIpc) is 2.48. The number of amides is 1. The fourth-order valence-corrected chi connectivity index (χ4v) is 2.30. The number of aliphatic carboxylic acids is 1. The molecule has 122 valence electrons. The number of carbonyl (C=O) groups excluding carboxylic acids is 1. The Hall–Kier alpha value is -1.75. The first kappa shape index (κ1) is 18.3. The van der Waals surface area contributed by atoms with Crippen molar-refractivity contribution in [2.75, 3.05) is 13.7 Å². The fourth-order valence-electron chi connectivity index (χ4n) is 2.02. The SMILES string of the molecule is COc1ccc(CCC(=O)NCCCCCC(=O)O)cc1Cl. The highest BCUT2D eigenvalue weighted by Gasteiger charge is 2.05. The van der Waals surface area contributed by atoms with Crippen LogP contribution in [0.2, 0.25) is 5.02 Å². The van der Waals surface area contributed by atoms with Gasteiger partial charge in [-0.1, -0.05) is 24.1 Å². The molecule has 1 amide bonds. The summed E-state index contributed by atoms with van der Waals surface area (Å²) in [6.07, 6.45) is 3.46. The van der Waals surface area contributed by atoms with Gasteiger partial charge in [-0.15, -0.1) is 0 Å². The summed E-state index contributed by atoms with van der Waals surface area (Å²) in [4.78, 5) is 22.0. The van der Waals surface area contributed by atoms with Crippen molar-refractivity contribution < 1.29 is 19.4 Å². The molecule has 0 aliphatic heterocycles. The minimum absolute atomic E-state index is 0.00910. The van der Waals surface area contributed by atoms with E-state index < -0.39 is 5.97 Å². The Balaban J connectivity index is 2.18. The van der Waals surface area contributed by atoms with Crippen LogP contribution < -0.4 is 10.1 Å². The molecule has 6 heteroatoms. The van der Waals surface area contributed by atoms with Crippen LogP contribution in [0.5, 0.6) is 5.75 Å². The summed E-state index contributed by atoms with van der Waals surface area (Å²) in [5.41, 5.74) is 0.988. The summed E-state index contributed by atoms with van der Waals surface area (Å²) in [6, 6.07) is 5.49. The lowest BCUT2D eigenvalue weighted by Crippen LogP contribution is -2.24. The predicted molar refractivity (Wildman–Crippen MR) is 85.4 cm³/mol. The van der Waals surface area contributed by atoms with Crippen LogP contribution in [0.4, 0.5) is 0 Å². The van der Waals surface area contributed by atoms with Gasteiger partial charge in [0.2, 0.25) is 5.91 Å². The highest BCUT2D eigenvalue weighted by Crippen LogP contribution is 2.25. The minimum atomic E-state index is -0.776. The number of carbonyl (C=O) groups is 2. The van der Waals surface area contributed by atoms with E-state index in [0.29, 0.717) is 36.6 Å². The number of carboxylic acid groups (broad SMARTS) is 1. The summed E-state index contributed by atoms with van der Waals surface area (Å²) in [7, 11) is 1.56. The maximum atomic E-state index is 11.7. The summed E-state index contributed by atoms with van der Waals surface area (Å²) >= 11 is 6.03. The quantitative estimate of drug-likeness (QED) is 0.648. The molecule has 1 aromatic rings. The van der Waals surface area contributed by atoms with E-state index >= 15 is 0 Å². The highest BCUT2D eigenvalue weighted by atomic mass is 35.5. The van der Waals surface area contributed by atoms with E-state index in [1.54, 1.807) is 19.2 Å². The Morgan fingerprint density at radius 2 is 2.00 bits per heavy atom. The number of rotatable bonds is 10. The zero-order valence-corrected chi connectivity index (χ0v) is 13.5. The molecule has 0 spiro atoms. The zero-order chi connectivity index (χ0) is 16.4. The van der Waals surface area contributed by atoms with Crippen molar-refractivity contribution in [2.24, 2.45) is 0 Å². The highest BCUT2D eigenvalue weighted by molar-refractivity contribution is 6.32. The van der Waals surface area contributed by atoms with Gasteiger partial charge < -0.3 is 15.2 Å². The van der Waals surface area contributed by atoms with Crippen LogP contribution in [-0.2, 0) is 16.0 Å². The molecule has 2 N–H and O–H groups in total. The molecule has 0 unspecified atom stereocenters. The van der Waals surface area contributed by atoms with Gasteiger partial charge in [0.1, 0.15) is 5.75 Å². The van der Waals surface area contributed by atoms with Crippen molar-refractivity contribution in [1.82, 2.24) is 5.32 Å². The summed E-state index contributed by atoms with van der Waals surface area (Å²) in [5, 5.41) is 11.9. The number of methoxy groups -OCH3 is 1. The molecule has 0 radical (unpaired) electrons. The standard InChI is InChI=1S/C16H22ClNO4/c1-22-14-8-6-12(11-13(14)17)7-9-15(19)18-10-4-2-3-5-16(20)21/h6,8,11H,2-5,7,9-10H2,1H3,(H,18,19)(H,20,21). The van der Waals surface area contributed by atoms with Crippen LogP contribution in [0.3, 0.4) is 0 Å². The van der Waals surface area contributed by atoms with Gasteiger partial charge in [-0.2, -0.15) is 0 Å². The lowest BCUT2D eigenvalue weighted by atomic mass is 10.1. The van der Waals surface area contributed by atoms with Crippen LogP contribution in [0.1, 0.15) is 37.7 Å².